The summed E-state index contributed by atoms with van der Waals surface area (Å²) in [5.41, 5.74) is 3.25. The molecule has 1 unspecified atom stereocenters. The van der Waals surface area contributed by atoms with E-state index in [2.05, 4.69) is 0 Å². The van der Waals surface area contributed by atoms with Crippen LogP contribution in [0.4, 0.5) is 0 Å². The van der Waals surface area contributed by atoms with Gasteiger partial charge in [0.1, 0.15) is 11.7 Å². The zero-order chi connectivity index (χ0) is 19.1. The molecule has 0 saturated heterocycles. The van der Waals surface area contributed by atoms with Crippen molar-refractivity contribution in [3.05, 3.63) is 57.6 Å². The Morgan fingerprint density at radius 1 is 1.00 bits per heavy atom. The molecule has 1 aliphatic carbocycles. The number of Topliss-reactive ketones (excluding diaryl/α,β-unsaturated/α-hetero) is 2. The van der Waals surface area contributed by atoms with Crippen LogP contribution in [0.1, 0.15) is 50.7 Å². The normalized spacial score (nSPS) is 19.7. The van der Waals surface area contributed by atoms with Gasteiger partial charge in [-0.2, -0.15) is 0 Å². The van der Waals surface area contributed by atoms with Crippen LogP contribution in [-0.4, -0.2) is 11.6 Å². The second-order valence-corrected chi connectivity index (χ2v) is 8.36. The molecule has 2 aromatic carbocycles. The zero-order valence-corrected chi connectivity index (χ0v) is 16.7. The number of aryl methyl sites for hydroxylation is 1. The van der Waals surface area contributed by atoms with Crippen molar-refractivity contribution >= 4 is 34.8 Å². The van der Waals surface area contributed by atoms with Crippen molar-refractivity contribution in [2.24, 2.45) is 5.41 Å². The lowest BCUT2D eigenvalue weighted by Crippen LogP contribution is -2.39. The monoisotopic (exact) mass is 388 g/mol. The summed E-state index contributed by atoms with van der Waals surface area (Å²) >= 11 is 12.2. The Balaban J connectivity index is 2.12. The molecule has 1 aliphatic rings. The minimum Gasteiger partial charge on any atom is -0.299 e. The minimum atomic E-state index is -0.670. The number of carbonyl (C=O) groups excluding carboxylic acids is 2. The molecule has 0 aliphatic heterocycles. The SMILES string of the molecule is CCc1ccc(-c2ccc(Cl)c(Cl)c2)cc1C1C(=O)CCC(C)(C)C1=O. The number of carbonyl (C=O) groups is 2. The lowest BCUT2D eigenvalue weighted by Gasteiger charge is -2.33. The van der Waals surface area contributed by atoms with Gasteiger partial charge < -0.3 is 0 Å². The van der Waals surface area contributed by atoms with Crippen LogP contribution in [0.2, 0.25) is 10.0 Å². The van der Waals surface area contributed by atoms with Gasteiger partial charge in [0.2, 0.25) is 0 Å². The molecule has 0 N–H and O–H groups in total. The van der Waals surface area contributed by atoms with Crippen LogP contribution in [0.5, 0.6) is 0 Å². The summed E-state index contributed by atoms with van der Waals surface area (Å²) < 4.78 is 0. The first kappa shape index (κ1) is 19.1. The van der Waals surface area contributed by atoms with Gasteiger partial charge in [-0.15, -0.1) is 0 Å². The molecule has 1 atom stereocenters. The van der Waals surface area contributed by atoms with Crippen LogP contribution in [0.3, 0.4) is 0 Å². The highest BCUT2D eigenvalue weighted by molar-refractivity contribution is 6.42. The minimum absolute atomic E-state index is 0.0229. The fraction of sp³-hybridized carbons (Fsp3) is 0.364. The van der Waals surface area contributed by atoms with E-state index in [-0.39, 0.29) is 11.6 Å². The number of hydrogen-bond donors (Lipinski definition) is 0. The van der Waals surface area contributed by atoms with Gasteiger partial charge in [0.25, 0.3) is 0 Å². The summed E-state index contributed by atoms with van der Waals surface area (Å²) in [5.74, 6) is -0.624. The molecule has 0 heterocycles. The molecule has 4 heteroatoms. The molecule has 2 aromatic rings. The van der Waals surface area contributed by atoms with Crippen LogP contribution < -0.4 is 0 Å². The Labute approximate surface area is 164 Å². The molecule has 1 saturated carbocycles. The summed E-state index contributed by atoms with van der Waals surface area (Å²) in [5, 5.41) is 0.983. The summed E-state index contributed by atoms with van der Waals surface area (Å²) in [6.45, 7) is 5.91. The molecule has 1 fully saturated rings. The van der Waals surface area contributed by atoms with Gasteiger partial charge in [-0.1, -0.05) is 62.2 Å². The third-order valence-corrected chi connectivity index (χ3v) is 6.08. The predicted octanol–water partition coefficient (Wildman–Crippen LogP) is 6.26. The molecule has 0 amide bonds. The van der Waals surface area contributed by atoms with Gasteiger partial charge in [-0.25, -0.2) is 0 Å². The highest BCUT2D eigenvalue weighted by Gasteiger charge is 2.43. The Morgan fingerprint density at radius 3 is 2.31 bits per heavy atom. The van der Waals surface area contributed by atoms with Crippen molar-refractivity contribution in [1.82, 2.24) is 0 Å². The number of benzene rings is 2. The van der Waals surface area contributed by atoms with Crippen molar-refractivity contribution in [3.8, 4) is 11.1 Å². The lowest BCUT2D eigenvalue weighted by atomic mass is 9.67. The maximum absolute atomic E-state index is 13.0. The van der Waals surface area contributed by atoms with E-state index in [1.54, 1.807) is 6.07 Å². The second kappa shape index (κ2) is 7.17. The van der Waals surface area contributed by atoms with E-state index in [0.717, 1.165) is 28.7 Å². The molecule has 3 rings (SSSR count). The van der Waals surface area contributed by atoms with E-state index in [1.165, 1.54) is 0 Å². The highest BCUT2D eigenvalue weighted by atomic mass is 35.5. The molecule has 0 aromatic heterocycles. The standard InChI is InChI=1S/C22H22Cl2O2/c1-4-13-5-6-14(15-7-8-17(23)18(24)12-15)11-16(13)20-19(25)9-10-22(2,3)21(20)26/h5-8,11-12,20H,4,9-10H2,1-3H3. The predicted molar refractivity (Wildman–Crippen MR) is 107 cm³/mol. The number of hydrogen-bond acceptors (Lipinski definition) is 2. The van der Waals surface area contributed by atoms with Crippen molar-refractivity contribution in [3.63, 3.8) is 0 Å². The first-order valence-corrected chi connectivity index (χ1v) is 9.65. The van der Waals surface area contributed by atoms with Crippen LogP contribution in [0.15, 0.2) is 36.4 Å². The Kier molecular flexibility index (Phi) is 5.28. The van der Waals surface area contributed by atoms with Crippen molar-refractivity contribution in [2.45, 2.75) is 46.0 Å². The van der Waals surface area contributed by atoms with E-state index >= 15 is 0 Å². The lowest BCUT2D eigenvalue weighted by molar-refractivity contribution is -0.139. The van der Waals surface area contributed by atoms with Gasteiger partial charge in [0, 0.05) is 11.8 Å². The number of ketones is 2. The van der Waals surface area contributed by atoms with E-state index in [4.69, 9.17) is 23.2 Å². The third-order valence-electron chi connectivity index (χ3n) is 5.34. The largest absolute Gasteiger partial charge is 0.299 e. The van der Waals surface area contributed by atoms with Crippen LogP contribution >= 0.6 is 23.2 Å². The quantitative estimate of drug-likeness (QED) is 0.580. The fourth-order valence-electron chi connectivity index (χ4n) is 3.60. The maximum atomic E-state index is 13.0. The Morgan fingerprint density at radius 2 is 1.65 bits per heavy atom. The van der Waals surface area contributed by atoms with E-state index in [9.17, 15) is 9.59 Å². The molecule has 0 radical (unpaired) electrons. The maximum Gasteiger partial charge on any atom is 0.153 e. The molecule has 26 heavy (non-hydrogen) atoms. The number of halogens is 2. The van der Waals surface area contributed by atoms with Crippen LogP contribution in [0.25, 0.3) is 11.1 Å². The molecular formula is C22H22Cl2O2. The highest BCUT2D eigenvalue weighted by Crippen LogP contribution is 2.41. The molecular weight excluding hydrogens is 367 g/mol. The van der Waals surface area contributed by atoms with Crippen molar-refractivity contribution < 1.29 is 9.59 Å². The smallest absolute Gasteiger partial charge is 0.153 e. The topological polar surface area (TPSA) is 34.1 Å². The van der Waals surface area contributed by atoms with Crippen molar-refractivity contribution in [1.29, 1.82) is 0 Å². The molecule has 136 valence electrons. The van der Waals surface area contributed by atoms with Gasteiger partial charge >= 0.3 is 0 Å². The van der Waals surface area contributed by atoms with E-state index < -0.39 is 11.3 Å². The summed E-state index contributed by atoms with van der Waals surface area (Å²) in [4.78, 5) is 25.7. The molecule has 0 spiro atoms. The van der Waals surface area contributed by atoms with Gasteiger partial charge in [0.15, 0.2) is 5.78 Å². The van der Waals surface area contributed by atoms with Crippen LogP contribution in [0, 0.1) is 5.41 Å². The van der Waals surface area contributed by atoms with Gasteiger partial charge in [0.05, 0.1) is 10.0 Å². The molecule has 2 nitrogen and oxygen atoms in total. The third kappa shape index (κ3) is 3.45. The zero-order valence-electron chi connectivity index (χ0n) is 15.2. The molecule has 0 bridgehead atoms. The van der Waals surface area contributed by atoms with Gasteiger partial charge in [-0.05, 0) is 53.3 Å². The van der Waals surface area contributed by atoms with E-state index in [0.29, 0.717) is 22.9 Å². The Hall–Kier alpha value is -1.64. The van der Waals surface area contributed by atoms with Crippen molar-refractivity contribution in [2.75, 3.05) is 0 Å². The summed E-state index contributed by atoms with van der Waals surface area (Å²) in [6, 6.07) is 11.4. The number of rotatable bonds is 3. The Bertz CT molecular complexity index is 884. The summed E-state index contributed by atoms with van der Waals surface area (Å²) in [6.07, 6.45) is 1.84. The first-order chi connectivity index (χ1) is 12.2. The van der Waals surface area contributed by atoms with Gasteiger partial charge in [-0.3, -0.25) is 9.59 Å². The summed E-state index contributed by atoms with van der Waals surface area (Å²) in [7, 11) is 0. The average Bonchev–Trinajstić information content (AvgIpc) is 2.61. The van der Waals surface area contributed by atoms with E-state index in [1.807, 2.05) is 51.1 Å². The first-order valence-electron chi connectivity index (χ1n) is 8.90. The fourth-order valence-corrected chi connectivity index (χ4v) is 3.89. The van der Waals surface area contributed by atoms with Crippen LogP contribution in [-0.2, 0) is 16.0 Å². The second-order valence-electron chi connectivity index (χ2n) is 7.54. The average molecular weight is 389 g/mol.